The molecule has 0 radical (unpaired) electrons. The van der Waals surface area contributed by atoms with Crippen molar-refractivity contribution >= 4 is 43.2 Å². The molecule has 0 spiro atoms. The van der Waals surface area contributed by atoms with Gasteiger partial charge in [0.15, 0.2) is 0 Å². The van der Waals surface area contributed by atoms with Crippen molar-refractivity contribution < 1.29 is 0 Å². The maximum Gasteiger partial charge on any atom is 0.0582 e. The zero-order chi connectivity index (χ0) is 22.9. The molecule has 1 nitrogen and oxygen atoms in total. The van der Waals surface area contributed by atoms with E-state index in [9.17, 15) is 0 Å². The van der Waals surface area contributed by atoms with Gasteiger partial charge in [-0.25, -0.2) is 0 Å². The summed E-state index contributed by atoms with van der Waals surface area (Å²) in [5, 5.41) is 9.37. The molecule has 8 rings (SSSR count). The average Bonchev–Trinajstić information content (AvgIpc) is 3.27. The highest BCUT2D eigenvalue weighted by Crippen LogP contribution is 2.47. The minimum absolute atomic E-state index is 1.06. The number of rotatable bonds is 1. The van der Waals surface area contributed by atoms with Crippen LogP contribution in [0.2, 0.25) is 0 Å². The fourth-order valence-corrected chi connectivity index (χ4v) is 6.40. The zero-order valence-corrected chi connectivity index (χ0v) is 19.3. The first-order valence-electron chi connectivity index (χ1n) is 12.4. The summed E-state index contributed by atoms with van der Waals surface area (Å²) < 4.78 is 2.52. The summed E-state index contributed by atoms with van der Waals surface area (Å²) >= 11 is 0. The minimum Gasteiger partial charge on any atom is -0.309 e. The summed E-state index contributed by atoms with van der Waals surface area (Å²) in [6.07, 6.45) is 2.13. The predicted octanol–water partition coefficient (Wildman–Crippen LogP) is 8.86. The molecule has 1 heterocycles. The van der Waals surface area contributed by atoms with Gasteiger partial charge in [-0.2, -0.15) is 0 Å². The van der Waals surface area contributed by atoms with Crippen molar-refractivity contribution in [3.8, 4) is 16.9 Å². The van der Waals surface area contributed by atoms with E-state index in [0.717, 1.165) is 12.8 Å². The molecule has 6 aromatic carbocycles. The number of benzene rings is 6. The van der Waals surface area contributed by atoms with Gasteiger partial charge >= 0.3 is 0 Å². The predicted molar refractivity (Wildman–Crippen MR) is 149 cm³/mol. The van der Waals surface area contributed by atoms with E-state index in [4.69, 9.17) is 0 Å². The summed E-state index contributed by atoms with van der Waals surface area (Å²) in [5.41, 5.74) is 8.25. The Morgan fingerprint density at radius 3 is 1.89 bits per heavy atom. The summed E-state index contributed by atoms with van der Waals surface area (Å²) in [4.78, 5) is 0. The molecule has 1 heteroatoms. The Hall–Kier alpha value is -4.36. The molecule has 7 aromatic rings. The lowest BCUT2D eigenvalue weighted by Gasteiger charge is -2.24. The average molecular weight is 446 g/mol. The molecule has 164 valence electrons. The van der Waals surface area contributed by atoms with Crippen LogP contribution in [-0.4, -0.2) is 4.57 Å². The van der Waals surface area contributed by atoms with E-state index in [0.29, 0.717) is 0 Å². The molecule has 0 atom stereocenters. The minimum atomic E-state index is 1.06. The van der Waals surface area contributed by atoms with E-state index in [1.807, 2.05) is 0 Å². The number of aromatic nitrogens is 1. The maximum absolute atomic E-state index is 2.52. The molecule has 0 fully saturated rings. The quantitative estimate of drug-likeness (QED) is 0.222. The van der Waals surface area contributed by atoms with Gasteiger partial charge in [-0.15, -0.1) is 0 Å². The third-order valence-corrected chi connectivity index (χ3v) is 7.87. The van der Waals surface area contributed by atoms with Crippen molar-refractivity contribution in [3.05, 3.63) is 126 Å². The van der Waals surface area contributed by atoms with E-state index >= 15 is 0 Å². The first-order chi connectivity index (χ1) is 17.4. The summed E-state index contributed by atoms with van der Waals surface area (Å²) in [6, 6.07) is 42.4. The van der Waals surface area contributed by atoms with Crippen molar-refractivity contribution in [2.24, 2.45) is 0 Å². The lowest BCUT2D eigenvalue weighted by Crippen LogP contribution is -2.08. The molecule has 1 aliphatic carbocycles. The molecular weight excluding hydrogens is 422 g/mol. The van der Waals surface area contributed by atoms with Crippen LogP contribution in [0.4, 0.5) is 0 Å². The number of hydrogen-bond donors (Lipinski definition) is 0. The SMILES string of the molecule is c1ccc2cc(-n3c4c(c5ccccc53)CCc3c-4c4ccccc4c4ccccc34)ccc2c1. The molecule has 0 N–H and O–H groups in total. The van der Waals surface area contributed by atoms with Crippen LogP contribution in [0, 0.1) is 0 Å². The fourth-order valence-electron chi connectivity index (χ4n) is 6.40. The number of fused-ring (bicyclic) bond motifs is 11. The Morgan fingerprint density at radius 2 is 1.06 bits per heavy atom. The number of nitrogens with zero attached hydrogens (tertiary/aromatic N) is 1. The van der Waals surface area contributed by atoms with Crippen molar-refractivity contribution in [2.75, 3.05) is 0 Å². The highest BCUT2D eigenvalue weighted by molar-refractivity contribution is 6.17. The van der Waals surface area contributed by atoms with E-state index in [-0.39, 0.29) is 0 Å². The number of hydrogen-bond acceptors (Lipinski definition) is 0. The molecule has 35 heavy (non-hydrogen) atoms. The molecular formula is C34H23N. The zero-order valence-electron chi connectivity index (χ0n) is 19.3. The lowest BCUT2D eigenvalue weighted by atomic mass is 9.82. The Balaban J connectivity index is 1.58. The molecule has 0 unspecified atom stereocenters. The van der Waals surface area contributed by atoms with Crippen molar-refractivity contribution in [3.63, 3.8) is 0 Å². The van der Waals surface area contributed by atoms with Crippen molar-refractivity contribution in [2.45, 2.75) is 12.8 Å². The third-order valence-electron chi connectivity index (χ3n) is 7.87. The molecule has 0 aliphatic heterocycles. The number of aryl methyl sites for hydroxylation is 2. The molecule has 1 aliphatic rings. The molecule has 0 amide bonds. The van der Waals surface area contributed by atoms with Gasteiger partial charge in [-0.3, -0.25) is 0 Å². The summed E-state index contributed by atoms with van der Waals surface area (Å²) in [5.74, 6) is 0. The summed E-state index contributed by atoms with van der Waals surface area (Å²) in [7, 11) is 0. The van der Waals surface area contributed by atoms with Gasteiger partial charge in [0.25, 0.3) is 0 Å². The van der Waals surface area contributed by atoms with Gasteiger partial charge in [0, 0.05) is 16.6 Å². The van der Waals surface area contributed by atoms with Crippen LogP contribution in [0.1, 0.15) is 11.1 Å². The topological polar surface area (TPSA) is 4.93 Å². The van der Waals surface area contributed by atoms with Gasteiger partial charge in [0.2, 0.25) is 0 Å². The first-order valence-corrected chi connectivity index (χ1v) is 12.4. The third kappa shape index (κ3) is 2.58. The number of para-hydroxylation sites is 1. The molecule has 1 aromatic heterocycles. The second kappa shape index (κ2) is 7.07. The Kier molecular flexibility index (Phi) is 3.84. The van der Waals surface area contributed by atoms with Gasteiger partial charge in [-0.05, 0) is 74.5 Å². The standard InChI is InChI=1S/C34H23N/c1-2-10-23-21-24(18-17-22(23)9-1)35-32-16-8-7-14-28(32)31-20-19-30-27-13-4-3-11-25(27)26-12-5-6-15-29(26)33(30)34(31)35/h1-18,21H,19-20H2. The lowest BCUT2D eigenvalue weighted by molar-refractivity contribution is 0.946. The highest BCUT2D eigenvalue weighted by atomic mass is 15.0. The van der Waals surface area contributed by atoms with Crippen molar-refractivity contribution in [1.29, 1.82) is 0 Å². The second-order valence-electron chi connectivity index (χ2n) is 9.66. The highest BCUT2D eigenvalue weighted by Gasteiger charge is 2.28. The Bertz CT molecular complexity index is 1950. The smallest absolute Gasteiger partial charge is 0.0582 e. The van der Waals surface area contributed by atoms with Crippen LogP contribution < -0.4 is 0 Å². The van der Waals surface area contributed by atoms with Gasteiger partial charge < -0.3 is 4.57 Å². The van der Waals surface area contributed by atoms with Crippen LogP contribution in [-0.2, 0) is 12.8 Å². The van der Waals surface area contributed by atoms with E-state index in [1.165, 1.54) is 71.3 Å². The molecule has 0 saturated heterocycles. The molecule has 0 saturated carbocycles. The van der Waals surface area contributed by atoms with Gasteiger partial charge in [0.05, 0.1) is 11.2 Å². The van der Waals surface area contributed by atoms with E-state index in [1.54, 1.807) is 0 Å². The van der Waals surface area contributed by atoms with E-state index in [2.05, 4.69) is 120 Å². The first kappa shape index (κ1) is 19.0. The normalized spacial score (nSPS) is 12.9. The van der Waals surface area contributed by atoms with Crippen LogP contribution in [0.5, 0.6) is 0 Å². The van der Waals surface area contributed by atoms with Gasteiger partial charge in [-0.1, -0.05) is 97.1 Å². The van der Waals surface area contributed by atoms with E-state index < -0.39 is 0 Å². The second-order valence-corrected chi connectivity index (χ2v) is 9.66. The van der Waals surface area contributed by atoms with Crippen LogP contribution in [0.3, 0.4) is 0 Å². The van der Waals surface area contributed by atoms with Gasteiger partial charge in [0.1, 0.15) is 0 Å². The van der Waals surface area contributed by atoms with Crippen LogP contribution in [0.15, 0.2) is 115 Å². The Labute approximate surface area is 203 Å². The monoisotopic (exact) mass is 445 g/mol. The largest absolute Gasteiger partial charge is 0.309 e. The van der Waals surface area contributed by atoms with Crippen LogP contribution >= 0.6 is 0 Å². The maximum atomic E-state index is 2.52. The molecule has 0 bridgehead atoms. The van der Waals surface area contributed by atoms with Crippen LogP contribution in [0.25, 0.3) is 60.2 Å². The Morgan fingerprint density at radius 1 is 0.457 bits per heavy atom. The summed E-state index contributed by atoms with van der Waals surface area (Å²) in [6.45, 7) is 0. The van der Waals surface area contributed by atoms with Crippen molar-refractivity contribution in [1.82, 2.24) is 4.57 Å². The fraction of sp³-hybridized carbons (Fsp3) is 0.0588.